The highest BCUT2D eigenvalue weighted by molar-refractivity contribution is 5.66. The Balaban J connectivity index is 1.82. The third-order valence-corrected chi connectivity index (χ3v) is 4.29. The fraction of sp³-hybridized carbons (Fsp3) is 0.786. The summed E-state index contributed by atoms with van der Waals surface area (Å²) in [6.07, 6.45) is 9.67. The molecule has 0 saturated heterocycles. The molecule has 2 aliphatic carbocycles. The Bertz CT molecular complexity index is 308. The summed E-state index contributed by atoms with van der Waals surface area (Å²) in [7, 11) is 0. The lowest BCUT2D eigenvalue weighted by Gasteiger charge is -2.32. The Kier molecular flexibility index (Phi) is 3.09. The molecule has 0 radical (unpaired) electrons. The Morgan fingerprint density at radius 2 is 2.31 bits per heavy atom. The average Bonchev–Trinajstić information content (AvgIpc) is 2.73. The van der Waals surface area contributed by atoms with Gasteiger partial charge in [-0.25, -0.2) is 0 Å². The molecule has 90 valence electrons. The fourth-order valence-electron chi connectivity index (χ4n) is 3.36. The summed E-state index contributed by atoms with van der Waals surface area (Å²) in [5.74, 6) is 1.42. The standard InChI is InChI=1S/C14H22O2/c1-10(16-11(2)15)6-7-14(3)9-12-4-5-13(14)8-12/h4-5,10,12-13H,6-9H2,1-3H3/t10-,12+,13-,14-/m0/s1. The number of ether oxygens (including phenoxy) is 1. The van der Waals surface area contributed by atoms with Crippen LogP contribution >= 0.6 is 0 Å². The van der Waals surface area contributed by atoms with E-state index in [0.717, 1.165) is 18.3 Å². The normalized spacial score (nSPS) is 37.7. The van der Waals surface area contributed by atoms with Gasteiger partial charge in [-0.05, 0) is 49.9 Å². The molecule has 0 aliphatic heterocycles. The van der Waals surface area contributed by atoms with E-state index in [1.54, 1.807) is 0 Å². The molecule has 0 spiro atoms. The van der Waals surface area contributed by atoms with E-state index in [1.165, 1.54) is 26.2 Å². The second kappa shape index (κ2) is 4.23. The molecule has 0 heterocycles. The number of fused-ring (bicyclic) bond motifs is 2. The van der Waals surface area contributed by atoms with Gasteiger partial charge < -0.3 is 4.74 Å². The molecule has 2 rings (SSSR count). The summed E-state index contributed by atoms with van der Waals surface area (Å²) in [5.41, 5.74) is 0.452. The van der Waals surface area contributed by atoms with Crippen molar-refractivity contribution in [2.45, 2.75) is 52.6 Å². The van der Waals surface area contributed by atoms with E-state index < -0.39 is 0 Å². The van der Waals surface area contributed by atoms with Crippen molar-refractivity contribution < 1.29 is 9.53 Å². The number of carbonyl (C=O) groups is 1. The molecule has 2 nitrogen and oxygen atoms in total. The number of allylic oxidation sites excluding steroid dienone is 2. The molecule has 0 amide bonds. The molecule has 2 bridgehead atoms. The van der Waals surface area contributed by atoms with Crippen LogP contribution in [0.15, 0.2) is 12.2 Å². The molecule has 1 fully saturated rings. The van der Waals surface area contributed by atoms with Crippen molar-refractivity contribution in [3.05, 3.63) is 12.2 Å². The lowest BCUT2D eigenvalue weighted by atomic mass is 9.74. The second-order valence-corrected chi connectivity index (χ2v) is 5.80. The van der Waals surface area contributed by atoms with Crippen LogP contribution in [0.25, 0.3) is 0 Å². The second-order valence-electron chi connectivity index (χ2n) is 5.80. The summed E-state index contributed by atoms with van der Waals surface area (Å²) in [5, 5.41) is 0. The highest BCUT2D eigenvalue weighted by Gasteiger charge is 2.44. The Hall–Kier alpha value is -0.790. The van der Waals surface area contributed by atoms with Crippen LogP contribution in [0, 0.1) is 17.3 Å². The SMILES string of the molecule is CC(=O)O[C@@H](C)CC[C@@]1(C)C[C@@H]2C=C[C@H]1C2. The largest absolute Gasteiger partial charge is 0.463 e. The molecule has 2 heteroatoms. The summed E-state index contributed by atoms with van der Waals surface area (Å²) in [4.78, 5) is 10.8. The number of esters is 1. The van der Waals surface area contributed by atoms with Crippen molar-refractivity contribution in [1.29, 1.82) is 0 Å². The van der Waals surface area contributed by atoms with Gasteiger partial charge in [0.1, 0.15) is 0 Å². The maximum Gasteiger partial charge on any atom is 0.302 e. The lowest BCUT2D eigenvalue weighted by Crippen LogP contribution is -2.24. The first-order valence-electron chi connectivity index (χ1n) is 6.35. The summed E-state index contributed by atoms with van der Waals surface area (Å²) in [6.45, 7) is 5.87. The molecule has 0 N–H and O–H groups in total. The summed E-state index contributed by atoms with van der Waals surface area (Å²) in [6, 6.07) is 0. The first kappa shape index (κ1) is 11.7. The van der Waals surface area contributed by atoms with Crippen LogP contribution in [-0.2, 0) is 9.53 Å². The van der Waals surface area contributed by atoms with Gasteiger partial charge in [0.05, 0.1) is 6.10 Å². The van der Waals surface area contributed by atoms with Crippen LogP contribution < -0.4 is 0 Å². The van der Waals surface area contributed by atoms with Gasteiger partial charge >= 0.3 is 5.97 Å². The molecule has 0 aromatic heterocycles. The maximum atomic E-state index is 10.8. The molecule has 4 atom stereocenters. The summed E-state index contributed by atoms with van der Waals surface area (Å²) < 4.78 is 5.18. The Morgan fingerprint density at radius 3 is 2.81 bits per heavy atom. The molecule has 0 unspecified atom stereocenters. The van der Waals surface area contributed by atoms with E-state index in [-0.39, 0.29) is 12.1 Å². The van der Waals surface area contributed by atoms with Crippen LogP contribution in [0.2, 0.25) is 0 Å². The monoisotopic (exact) mass is 222 g/mol. The molecule has 16 heavy (non-hydrogen) atoms. The number of hydrogen-bond donors (Lipinski definition) is 0. The molecule has 2 aliphatic rings. The minimum Gasteiger partial charge on any atom is -0.463 e. The molecule has 1 saturated carbocycles. The first-order valence-corrected chi connectivity index (χ1v) is 6.35. The van der Waals surface area contributed by atoms with Crippen LogP contribution in [0.1, 0.15) is 46.5 Å². The van der Waals surface area contributed by atoms with Gasteiger partial charge in [-0.1, -0.05) is 19.1 Å². The number of carbonyl (C=O) groups excluding carboxylic acids is 1. The van der Waals surface area contributed by atoms with E-state index >= 15 is 0 Å². The fourth-order valence-corrected chi connectivity index (χ4v) is 3.36. The van der Waals surface area contributed by atoms with Crippen LogP contribution in [-0.4, -0.2) is 12.1 Å². The highest BCUT2D eigenvalue weighted by Crippen LogP contribution is 2.54. The molecule has 0 aromatic carbocycles. The maximum absolute atomic E-state index is 10.8. The quantitative estimate of drug-likeness (QED) is 0.539. The van der Waals surface area contributed by atoms with Gasteiger partial charge in [0, 0.05) is 6.92 Å². The number of rotatable bonds is 4. The van der Waals surface area contributed by atoms with Crippen LogP contribution in [0.4, 0.5) is 0 Å². The van der Waals surface area contributed by atoms with Crippen molar-refractivity contribution in [1.82, 2.24) is 0 Å². The smallest absolute Gasteiger partial charge is 0.302 e. The number of hydrogen-bond acceptors (Lipinski definition) is 2. The Morgan fingerprint density at radius 1 is 1.56 bits per heavy atom. The molecular formula is C14H22O2. The first-order chi connectivity index (χ1) is 7.49. The van der Waals surface area contributed by atoms with Gasteiger partial charge in [0.2, 0.25) is 0 Å². The van der Waals surface area contributed by atoms with E-state index in [0.29, 0.717) is 5.41 Å². The predicted molar refractivity (Wildman–Crippen MR) is 63.9 cm³/mol. The molecular weight excluding hydrogens is 200 g/mol. The topological polar surface area (TPSA) is 26.3 Å². The van der Waals surface area contributed by atoms with Crippen molar-refractivity contribution in [2.24, 2.45) is 17.3 Å². The summed E-state index contributed by atoms with van der Waals surface area (Å²) >= 11 is 0. The van der Waals surface area contributed by atoms with E-state index in [9.17, 15) is 4.79 Å². The van der Waals surface area contributed by atoms with Gasteiger partial charge in [-0.2, -0.15) is 0 Å². The van der Waals surface area contributed by atoms with Gasteiger partial charge in [0.15, 0.2) is 0 Å². The third-order valence-electron chi connectivity index (χ3n) is 4.29. The van der Waals surface area contributed by atoms with Crippen molar-refractivity contribution in [3.8, 4) is 0 Å². The Labute approximate surface area is 98.1 Å². The average molecular weight is 222 g/mol. The van der Waals surface area contributed by atoms with Crippen molar-refractivity contribution in [3.63, 3.8) is 0 Å². The van der Waals surface area contributed by atoms with E-state index in [2.05, 4.69) is 19.1 Å². The lowest BCUT2D eigenvalue weighted by molar-refractivity contribution is -0.146. The highest BCUT2D eigenvalue weighted by atomic mass is 16.5. The minimum atomic E-state index is -0.162. The van der Waals surface area contributed by atoms with Crippen LogP contribution in [0.3, 0.4) is 0 Å². The predicted octanol–water partition coefficient (Wildman–Crippen LogP) is 3.32. The van der Waals surface area contributed by atoms with Gasteiger partial charge in [0.25, 0.3) is 0 Å². The zero-order valence-electron chi connectivity index (χ0n) is 10.5. The molecule has 0 aromatic rings. The van der Waals surface area contributed by atoms with Crippen molar-refractivity contribution in [2.75, 3.05) is 0 Å². The van der Waals surface area contributed by atoms with Crippen molar-refractivity contribution >= 4 is 5.97 Å². The minimum absolute atomic E-state index is 0.0671. The third kappa shape index (κ3) is 2.31. The van der Waals surface area contributed by atoms with E-state index in [1.807, 2.05) is 6.92 Å². The van der Waals surface area contributed by atoms with E-state index in [4.69, 9.17) is 4.74 Å². The zero-order chi connectivity index (χ0) is 11.8. The van der Waals surface area contributed by atoms with Gasteiger partial charge in [-0.3, -0.25) is 4.79 Å². The zero-order valence-corrected chi connectivity index (χ0v) is 10.5. The van der Waals surface area contributed by atoms with Crippen LogP contribution in [0.5, 0.6) is 0 Å². The van der Waals surface area contributed by atoms with Gasteiger partial charge in [-0.15, -0.1) is 0 Å².